The van der Waals surface area contributed by atoms with E-state index in [0.29, 0.717) is 69.4 Å². The molecule has 1 aromatic carbocycles. The molecule has 3 heterocycles. The number of hydrogen-bond acceptors (Lipinski definition) is 6. The summed E-state index contributed by atoms with van der Waals surface area (Å²) in [4.78, 5) is 12.4. The van der Waals surface area contributed by atoms with Crippen molar-refractivity contribution in [3.63, 3.8) is 0 Å². The van der Waals surface area contributed by atoms with Gasteiger partial charge in [0.05, 0.1) is 25.0 Å². The summed E-state index contributed by atoms with van der Waals surface area (Å²) in [6, 6.07) is 5.23. The molecule has 0 amide bonds. The van der Waals surface area contributed by atoms with Gasteiger partial charge in [0.1, 0.15) is 17.5 Å². The van der Waals surface area contributed by atoms with Gasteiger partial charge in [0.15, 0.2) is 0 Å². The first-order valence-electron chi connectivity index (χ1n) is 14.4. The Morgan fingerprint density at radius 1 is 1.25 bits per heavy atom. The summed E-state index contributed by atoms with van der Waals surface area (Å²) in [6.07, 6.45) is 4.88. The Labute approximate surface area is 245 Å². The van der Waals surface area contributed by atoms with Crippen molar-refractivity contribution in [2.75, 3.05) is 45.6 Å². The van der Waals surface area contributed by atoms with Crippen molar-refractivity contribution in [3.05, 3.63) is 58.4 Å². The Bertz CT molecular complexity index is 1100. The van der Waals surface area contributed by atoms with Gasteiger partial charge < -0.3 is 19.7 Å². The number of aromatic nitrogens is 2. The van der Waals surface area contributed by atoms with Gasteiger partial charge in [0.25, 0.3) is 0 Å². The number of morpholine rings is 1. The molecule has 2 aliphatic rings. The van der Waals surface area contributed by atoms with Crippen LogP contribution < -0.4 is 0 Å². The molecule has 4 rings (SSSR count). The van der Waals surface area contributed by atoms with Crippen molar-refractivity contribution in [2.24, 2.45) is 0 Å². The summed E-state index contributed by atoms with van der Waals surface area (Å²) in [5, 5.41) is 18.1. The number of β-amino-alcohol motifs (C(OH)–C–C–N with tert-alkyl or cyclic N) is 1. The molecule has 0 unspecified atom stereocenters. The average molecular weight is 576 g/mol. The largest absolute Gasteiger partial charge is 0.390 e. The quantitative estimate of drug-likeness (QED) is 0.287. The van der Waals surface area contributed by atoms with E-state index in [1.165, 1.54) is 6.07 Å². The lowest BCUT2D eigenvalue weighted by atomic mass is 9.99. The SMILES string of the molecule is CC.CCc1c(F)cccc1Cc1[nH]c(/C(C)=C\C(=N)N2CCOCC2)nc1CN1CC(O)C1.CSC(C)(C)C. The Morgan fingerprint density at radius 2 is 1.88 bits per heavy atom. The van der Waals surface area contributed by atoms with E-state index in [0.717, 1.165) is 33.9 Å². The first-order chi connectivity index (χ1) is 19.0. The zero-order valence-corrected chi connectivity index (χ0v) is 26.6. The maximum absolute atomic E-state index is 14.3. The summed E-state index contributed by atoms with van der Waals surface area (Å²) >= 11 is 1.88. The molecule has 0 atom stereocenters. The molecule has 0 aliphatic carbocycles. The van der Waals surface area contributed by atoms with Crippen LogP contribution in [0.3, 0.4) is 0 Å². The number of nitrogens with one attached hydrogen (secondary N) is 2. The van der Waals surface area contributed by atoms with Crippen LogP contribution in [-0.2, 0) is 24.1 Å². The molecular weight excluding hydrogens is 525 g/mol. The Balaban J connectivity index is 0.000000622. The highest BCUT2D eigenvalue weighted by Crippen LogP contribution is 2.24. The molecule has 224 valence electrons. The van der Waals surface area contributed by atoms with E-state index in [-0.39, 0.29) is 11.9 Å². The van der Waals surface area contributed by atoms with Crippen molar-refractivity contribution in [2.45, 2.75) is 78.7 Å². The van der Waals surface area contributed by atoms with E-state index in [4.69, 9.17) is 15.1 Å². The third-order valence-corrected chi connectivity index (χ3v) is 8.03. The fraction of sp³-hybridized carbons (Fsp3) is 0.613. The van der Waals surface area contributed by atoms with E-state index in [1.54, 1.807) is 6.07 Å². The number of halogens is 1. The van der Waals surface area contributed by atoms with E-state index in [9.17, 15) is 9.50 Å². The van der Waals surface area contributed by atoms with Gasteiger partial charge in [-0.15, -0.1) is 0 Å². The number of aromatic amines is 1. The number of hydrogen-bond donors (Lipinski definition) is 3. The van der Waals surface area contributed by atoms with E-state index < -0.39 is 0 Å². The number of amidine groups is 1. The van der Waals surface area contributed by atoms with Crippen LogP contribution >= 0.6 is 11.8 Å². The Morgan fingerprint density at radius 3 is 2.42 bits per heavy atom. The first-order valence-corrected chi connectivity index (χ1v) is 15.6. The van der Waals surface area contributed by atoms with Crippen LogP contribution in [0.5, 0.6) is 0 Å². The van der Waals surface area contributed by atoms with Gasteiger partial charge in [-0.2, -0.15) is 11.8 Å². The lowest BCUT2D eigenvalue weighted by molar-refractivity contribution is -0.00362. The number of benzene rings is 1. The molecular formula is C31H50FN5O2S. The molecule has 0 bridgehead atoms. The van der Waals surface area contributed by atoms with Crippen molar-refractivity contribution in [3.8, 4) is 0 Å². The third kappa shape index (κ3) is 10.3. The van der Waals surface area contributed by atoms with Gasteiger partial charge in [-0.25, -0.2) is 9.37 Å². The van der Waals surface area contributed by atoms with Gasteiger partial charge in [-0.3, -0.25) is 10.3 Å². The van der Waals surface area contributed by atoms with Crippen LogP contribution in [0.25, 0.3) is 5.57 Å². The van der Waals surface area contributed by atoms with Gasteiger partial charge in [0, 0.05) is 49.6 Å². The van der Waals surface area contributed by atoms with Crippen LogP contribution in [0.4, 0.5) is 4.39 Å². The zero-order chi connectivity index (χ0) is 29.9. The van der Waals surface area contributed by atoms with Crippen LogP contribution in [0.1, 0.15) is 76.8 Å². The molecule has 9 heteroatoms. The minimum atomic E-state index is -0.276. The Kier molecular flexibility index (Phi) is 13.9. The molecule has 0 spiro atoms. The highest BCUT2D eigenvalue weighted by atomic mass is 32.2. The second-order valence-corrected chi connectivity index (χ2v) is 12.5. The number of ether oxygens (including phenoxy) is 1. The summed E-state index contributed by atoms with van der Waals surface area (Å²) < 4.78 is 20.2. The van der Waals surface area contributed by atoms with Crippen LogP contribution in [0.2, 0.25) is 0 Å². The lowest BCUT2D eigenvalue weighted by Gasteiger charge is -2.35. The normalized spacial score (nSPS) is 16.4. The fourth-order valence-corrected chi connectivity index (χ4v) is 4.32. The van der Waals surface area contributed by atoms with E-state index >= 15 is 0 Å². The van der Waals surface area contributed by atoms with Crippen LogP contribution in [-0.4, -0.2) is 87.2 Å². The highest BCUT2D eigenvalue weighted by Gasteiger charge is 2.26. The molecule has 2 saturated heterocycles. The van der Waals surface area contributed by atoms with E-state index in [2.05, 4.69) is 36.9 Å². The number of imidazole rings is 1. The molecule has 3 N–H and O–H groups in total. The maximum atomic E-state index is 14.3. The standard InChI is InChI=1S/C24H32FN5O2.C5H12S.C2H6/c1-3-19-17(5-4-6-20(19)25)12-21-22(15-29-13-18(31)14-29)28-24(27-21)16(2)11-23(26)30-7-9-32-10-8-30;1-5(2,3)6-4;1-2/h4-6,11,18,26,31H,3,7-10,12-15H2,1-2H3,(H,27,28);1-4H3;1-2H3/b16-11-,26-23?;;. The van der Waals surface area contributed by atoms with Crippen LogP contribution in [0.15, 0.2) is 24.3 Å². The molecule has 7 nitrogen and oxygen atoms in total. The number of allylic oxidation sites excluding steroid dienone is 1. The van der Waals surface area contributed by atoms with Gasteiger partial charge in [-0.05, 0) is 48.4 Å². The van der Waals surface area contributed by atoms with Crippen LogP contribution in [0, 0.1) is 11.2 Å². The lowest BCUT2D eigenvalue weighted by Crippen LogP contribution is -2.50. The number of H-pyrrole nitrogens is 1. The molecule has 2 fully saturated rings. The smallest absolute Gasteiger partial charge is 0.133 e. The topological polar surface area (TPSA) is 88.5 Å². The molecule has 2 aromatic rings. The number of nitrogens with zero attached hydrogens (tertiary/aromatic N) is 3. The number of rotatable bonds is 7. The molecule has 40 heavy (non-hydrogen) atoms. The summed E-state index contributed by atoms with van der Waals surface area (Å²) in [5.41, 5.74) is 4.43. The monoisotopic (exact) mass is 575 g/mol. The highest BCUT2D eigenvalue weighted by molar-refractivity contribution is 7.99. The van der Waals surface area contributed by atoms with Gasteiger partial charge in [0.2, 0.25) is 0 Å². The minimum absolute atomic E-state index is 0.174. The fourth-order valence-electron chi connectivity index (χ4n) is 4.32. The summed E-state index contributed by atoms with van der Waals surface area (Å²) in [5.74, 6) is 1.00. The predicted octanol–water partition coefficient (Wildman–Crippen LogP) is 5.77. The summed E-state index contributed by atoms with van der Waals surface area (Å²) in [6.45, 7) is 19.2. The van der Waals surface area contributed by atoms with Crippen molar-refractivity contribution < 1.29 is 14.2 Å². The predicted molar refractivity (Wildman–Crippen MR) is 167 cm³/mol. The van der Waals surface area contributed by atoms with E-state index in [1.807, 2.05) is 56.5 Å². The number of thioether (sulfide) groups is 1. The Hall–Kier alpha value is -2.20. The summed E-state index contributed by atoms with van der Waals surface area (Å²) in [7, 11) is 0. The minimum Gasteiger partial charge on any atom is -0.390 e. The van der Waals surface area contributed by atoms with Gasteiger partial charge >= 0.3 is 0 Å². The molecule has 0 radical (unpaired) electrons. The zero-order valence-electron chi connectivity index (χ0n) is 25.7. The number of aliphatic hydroxyl groups is 1. The molecule has 0 saturated carbocycles. The van der Waals surface area contributed by atoms with Crippen molar-refractivity contribution in [1.82, 2.24) is 19.8 Å². The molecule has 1 aromatic heterocycles. The maximum Gasteiger partial charge on any atom is 0.133 e. The number of aliphatic hydroxyl groups excluding tert-OH is 1. The number of likely N-dealkylation sites (tertiary alicyclic amines) is 1. The second kappa shape index (κ2) is 16.3. The van der Waals surface area contributed by atoms with Crippen molar-refractivity contribution >= 4 is 23.2 Å². The van der Waals surface area contributed by atoms with Gasteiger partial charge in [-0.1, -0.05) is 53.7 Å². The third-order valence-electron chi connectivity index (χ3n) is 6.80. The first kappa shape index (κ1) is 34.0. The molecule has 2 aliphatic heterocycles. The average Bonchev–Trinajstić information content (AvgIpc) is 3.32. The second-order valence-electron chi connectivity index (χ2n) is 10.9. The van der Waals surface area contributed by atoms with Crippen molar-refractivity contribution in [1.29, 1.82) is 5.41 Å².